The third kappa shape index (κ3) is 3.76. The van der Waals surface area contributed by atoms with Gasteiger partial charge in [0.1, 0.15) is 6.04 Å². The van der Waals surface area contributed by atoms with Gasteiger partial charge in [0.15, 0.2) is 0 Å². The lowest BCUT2D eigenvalue weighted by atomic mass is 10.2. The molecule has 1 atom stereocenters. The Bertz CT molecular complexity index is 648. The van der Waals surface area contributed by atoms with Crippen molar-refractivity contribution in [1.82, 2.24) is 4.90 Å². The second kappa shape index (κ2) is 6.23. The number of nitro groups is 1. The summed E-state index contributed by atoms with van der Waals surface area (Å²) in [6.07, 6.45) is -4.67. The van der Waals surface area contributed by atoms with Crippen LogP contribution in [0.2, 0.25) is 0 Å². The zero-order valence-electron chi connectivity index (χ0n) is 11.7. The molecule has 0 aromatic heterocycles. The van der Waals surface area contributed by atoms with Crippen LogP contribution in [0.3, 0.4) is 0 Å². The lowest BCUT2D eigenvalue weighted by molar-refractivity contribution is -0.384. The molecule has 1 aromatic rings. The maximum Gasteiger partial charge on any atom is 0.471 e. The van der Waals surface area contributed by atoms with Crippen molar-refractivity contribution < 1.29 is 27.7 Å². The molecular weight excluding hydrogens is 319 g/mol. The van der Waals surface area contributed by atoms with Crippen LogP contribution in [0.15, 0.2) is 24.3 Å². The van der Waals surface area contributed by atoms with Gasteiger partial charge >= 0.3 is 12.1 Å². The largest absolute Gasteiger partial charge is 0.471 e. The summed E-state index contributed by atoms with van der Waals surface area (Å²) in [7, 11) is 0. The van der Waals surface area contributed by atoms with Crippen LogP contribution in [0, 0.1) is 10.1 Å². The fourth-order valence-corrected chi connectivity index (χ4v) is 2.37. The predicted octanol–water partition coefficient (Wildman–Crippen LogP) is 2.09. The highest BCUT2D eigenvalue weighted by Crippen LogP contribution is 2.26. The molecule has 1 unspecified atom stereocenters. The Morgan fingerprint density at radius 2 is 2.04 bits per heavy atom. The van der Waals surface area contributed by atoms with E-state index in [-0.39, 0.29) is 30.8 Å². The van der Waals surface area contributed by atoms with E-state index in [1.807, 2.05) is 0 Å². The molecule has 1 N–H and O–H groups in total. The van der Waals surface area contributed by atoms with Crippen LogP contribution in [-0.2, 0) is 9.59 Å². The van der Waals surface area contributed by atoms with Gasteiger partial charge in [-0.1, -0.05) is 6.07 Å². The van der Waals surface area contributed by atoms with Gasteiger partial charge in [0.2, 0.25) is 5.91 Å². The molecule has 0 radical (unpaired) electrons. The summed E-state index contributed by atoms with van der Waals surface area (Å²) >= 11 is 0. The van der Waals surface area contributed by atoms with E-state index in [0.29, 0.717) is 4.90 Å². The second-order valence-corrected chi connectivity index (χ2v) is 4.95. The maximum atomic E-state index is 12.5. The molecule has 2 rings (SSSR count). The van der Waals surface area contributed by atoms with Crippen LogP contribution in [0.4, 0.5) is 24.5 Å². The van der Waals surface area contributed by atoms with Crippen molar-refractivity contribution in [3.05, 3.63) is 34.4 Å². The highest BCUT2D eigenvalue weighted by atomic mass is 19.4. The van der Waals surface area contributed by atoms with E-state index in [0.717, 1.165) is 6.07 Å². The van der Waals surface area contributed by atoms with Crippen LogP contribution in [0.1, 0.15) is 12.8 Å². The summed E-state index contributed by atoms with van der Waals surface area (Å²) in [5.74, 6) is -2.87. The second-order valence-electron chi connectivity index (χ2n) is 4.95. The lowest BCUT2D eigenvalue weighted by Gasteiger charge is -2.24. The number of alkyl halides is 3. The minimum atomic E-state index is -5.05. The Balaban J connectivity index is 2.12. The third-order valence-corrected chi connectivity index (χ3v) is 3.38. The van der Waals surface area contributed by atoms with Crippen molar-refractivity contribution in [3.8, 4) is 0 Å². The molecule has 1 fully saturated rings. The number of carbonyl (C=O) groups excluding carboxylic acids is 2. The van der Waals surface area contributed by atoms with Crippen molar-refractivity contribution in [2.45, 2.75) is 25.1 Å². The summed E-state index contributed by atoms with van der Waals surface area (Å²) in [5, 5.41) is 13.0. The molecule has 10 heteroatoms. The summed E-state index contributed by atoms with van der Waals surface area (Å²) in [5.41, 5.74) is -0.187. The number of amides is 2. The van der Waals surface area contributed by atoms with Crippen LogP contribution < -0.4 is 5.32 Å². The smallest absolute Gasteiger partial charge is 0.324 e. The Labute approximate surface area is 128 Å². The van der Waals surface area contributed by atoms with Gasteiger partial charge in [-0.2, -0.15) is 13.2 Å². The van der Waals surface area contributed by atoms with Gasteiger partial charge in [0.05, 0.1) is 4.92 Å². The highest BCUT2D eigenvalue weighted by molar-refractivity contribution is 5.98. The average Bonchev–Trinajstić information content (AvgIpc) is 2.95. The Kier molecular flexibility index (Phi) is 4.52. The highest BCUT2D eigenvalue weighted by Gasteiger charge is 2.47. The first kappa shape index (κ1) is 16.7. The number of rotatable bonds is 3. The molecule has 1 aliphatic rings. The van der Waals surface area contributed by atoms with Gasteiger partial charge in [0, 0.05) is 24.4 Å². The fraction of sp³-hybridized carbons (Fsp3) is 0.385. The molecule has 0 aliphatic carbocycles. The number of benzene rings is 1. The third-order valence-electron chi connectivity index (χ3n) is 3.38. The quantitative estimate of drug-likeness (QED) is 0.678. The van der Waals surface area contributed by atoms with Gasteiger partial charge in [-0.05, 0) is 18.9 Å². The number of hydrogen-bond acceptors (Lipinski definition) is 4. The molecular formula is C13H12F3N3O4. The van der Waals surface area contributed by atoms with Crippen molar-refractivity contribution in [3.63, 3.8) is 0 Å². The van der Waals surface area contributed by atoms with Crippen LogP contribution in [0.25, 0.3) is 0 Å². The van der Waals surface area contributed by atoms with E-state index in [9.17, 15) is 32.9 Å². The molecule has 7 nitrogen and oxygen atoms in total. The van der Waals surface area contributed by atoms with E-state index in [1.165, 1.54) is 18.2 Å². The normalized spacial score (nSPS) is 17.9. The van der Waals surface area contributed by atoms with E-state index in [1.54, 1.807) is 0 Å². The standard InChI is InChI=1S/C13H12F3N3O4/c14-13(15,16)12(21)18-6-2-5-10(18)11(20)17-8-3-1-4-9(7-8)19(22)23/h1,3-4,7,10H,2,5-6H2,(H,17,20). The van der Waals surface area contributed by atoms with Crippen molar-refractivity contribution in [2.24, 2.45) is 0 Å². The van der Waals surface area contributed by atoms with Crippen molar-refractivity contribution >= 4 is 23.2 Å². The summed E-state index contributed by atoms with van der Waals surface area (Å²) in [6, 6.07) is 3.76. The summed E-state index contributed by atoms with van der Waals surface area (Å²) in [6.45, 7) is -0.161. The van der Waals surface area contributed by atoms with Crippen molar-refractivity contribution in [2.75, 3.05) is 11.9 Å². The van der Waals surface area contributed by atoms with Gasteiger partial charge in [-0.25, -0.2) is 0 Å². The first-order chi connectivity index (χ1) is 10.7. The van der Waals surface area contributed by atoms with E-state index in [2.05, 4.69) is 5.32 Å². The Morgan fingerprint density at radius 1 is 1.35 bits per heavy atom. The minimum absolute atomic E-state index is 0.0792. The molecule has 1 saturated heterocycles. The number of hydrogen-bond donors (Lipinski definition) is 1. The van der Waals surface area contributed by atoms with Gasteiger partial charge in [0.25, 0.3) is 5.69 Å². The molecule has 1 aromatic carbocycles. The molecule has 0 saturated carbocycles. The molecule has 2 amide bonds. The average molecular weight is 331 g/mol. The van der Waals surface area contributed by atoms with E-state index >= 15 is 0 Å². The van der Waals surface area contributed by atoms with Crippen LogP contribution in [-0.4, -0.2) is 40.4 Å². The monoisotopic (exact) mass is 331 g/mol. The number of halogens is 3. The van der Waals surface area contributed by atoms with Gasteiger partial charge in [-0.3, -0.25) is 19.7 Å². The number of non-ortho nitro benzene ring substituents is 1. The first-order valence-electron chi connectivity index (χ1n) is 6.63. The fourth-order valence-electron chi connectivity index (χ4n) is 2.37. The molecule has 0 spiro atoms. The van der Waals surface area contributed by atoms with E-state index < -0.39 is 29.0 Å². The SMILES string of the molecule is O=C(Nc1cccc([N+](=O)[O-])c1)C1CCCN1C(=O)C(F)(F)F. The summed E-state index contributed by atoms with van der Waals surface area (Å²) < 4.78 is 37.5. The number of nitrogens with zero attached hydrogens (tertiary/aromatic N) is 2. The number of anilines is 1. The topological polar surface area (TPSA) is 92.5 Å². The predicted molar refractivity (Wildman–Crippen MR) is 72.5 cm³/mol. The van der Waals surface area contributed by atoms with Gasteiger partial charge in [-0.15, -0.1) is 0 Å². The van der Waals surface area contributed by atoms with Crippen molar-refractivity contribution in [1.29, 1.82) is 0 Å². The Hall–Kier alpha value is -2.65. The number of nitrogens with one attached hydrogen (secondary N) is 1. The molecule has 1 heterocycles. The lowest BCUT2D eigenvalue weighted by Crippen LogP contribution is -2.48. The minimum Gasteiger partial charge on any atom is -0.324 e. The number of likely N-dealkylation sites (tertiary alicyclic amines) is 1. The molecule has 124 valence electrons. The first-order valence-corrected chi connectivity index (χ1v) is 6.63. The van der Waals surface area contributed by atoms with Crippen LogP contribution in [0.5, 0.6) is 0 Å². The zero-order chi connectivity index (χ0) is 17.2. The molecule has 23 heavy (non-hydrogen) atoms. The zero-order valence-corrected chi connectivity index (χ0v) is 11.7. The number of nitro benzene ring substituents is 1. The van der Waals surface area contributed by atoms with E-state index in [4.69, 9.17) is 0 Å². The van der Waals surface area contributed by atoms with Crippen LogP contribution >= 0.6 is 0 Å². The Morgan fingerprint density at radius 3 is 2.65 bits per heavy atom. The maximum absolute atomic E-state index is 12.5. The molecule has 1 aliphatic heterocycles. The molecule has 0 bridgehead atoms. The number of carbonyl (C=O) groups is 2. The van der Waals surface area contributed by atoms with Gasteiger partial charge < -0.3 is 10.2 Å². The summed E-state index contributed by atoms with van der Waals surface area (Å²) in [4.78, 5) is 33.9.